The third-order valence-electron chi connectivity index (χ3n) is 6.46. The summed E-state index contributed by atoms with van der Waals surface area (Å²) in [5, 5.41) is 8.20. The first-order valence-corrected chi connectivity index (χ1v) is 11.2. The van der Waals surface area contributed by atoms with Crippen LogP contribution in [0.1, 0.15) is 0 Å². The summed E-state index contributed by atoms with van der Waals surface area (Å²) in [7, 11) is 0. The molecule has 54 heavy (non-hydrogen) atoms. The second kappa shape index (κ2) is 12.3. The van der Waals surface area contributed by atoms with Crippen molar-refractivity contribution in [1.29, 1.82) is 0 Å². The average molecular weight is 896 g/mol. The predicted octanol–water partition coefficient (Wildman–Crippen LogP) is 10.7. The van der Waals surface area contributed by atoms with E-state index in [1.807, 2.05) is 0 Å². The lowest BCUT2D eigenvalue weighted by Crippen LogP contribution is -2.78. The number of hydrogen-bond acceptors (Lipinski definition) is 1. The molecular weight excluding hydrogens is 894 g/mol. The second-order valence-corrected chi connectivity index (χ2v) is 9.91. The van der Waals surface area contributed by atoms with Crippen molar-refractivity contribution in [3.05, 3.63) is 0 Å². The highest BCUT2D eigenvalue weighted by Crippen LogP contribution is 2.68. The Morgan fingerprint density at radius 1 is 0.259 bits per heavy atom. The van der Waals surface area contributed by atoms with Gasteiger partial charge in [0.1, 0.15) is 0 Å². The molecule has 0 unspecified atom stereocenters. The van der Waals surface area contributed by atoms with Gasteiger partial charge in [-0.15, -0.1) is 0 Å². The molecule has 0 aliphatic heterocycles. The average Bonchev–Trinajstić information content (AvgIpc) is 2.89. The minimum atomic E-state index is -9.94. The molecule has 0 atom stereocenters. The van der Waals surface area contributed by atoms with Crippen molar-refractivity contribution in [2.75, 3.05) is 0 Å². The molecule has 1 N–H and O–H groups in total. The normalized spacial score (nSPS) is 17.0. The van der Waals surface area contributed by atoms with Crippen molar-refractivity contribution in [2.24, 2.45) is 5.92 Å². The fourth-order valence-corrected chi connectivity index (χ4v) is 3.25. The van der Waals surface area contributed by atoms with E-state index in [4.69, 9.17) is 5.11 Å². The number of halogens is 34. The first-order chi connectivity index (χ1) is 22.6. The van der Waals surface area contributed by atoms with Crippen LogP contribution in [-0.4, -0.2) is 106 Å². The zero-order chi connectivity index (χ0) is 45.2. The highest BCUT2D eigenvalue weighted by Gasteiger charge is 2.99. The molecule has 0 aliphatic rings. The summed E-state index contributed by atoms with van der Waals surface area (Å²) in [5.41, 5.74) is 0. The summed E-state index contributed by atoms with van der Waals surface area (Å²) in [6.07, 6.45) is -16.8. The minimum Gasteiger partial charge on any atom is -0.481 e. The molecule has 0 heterocycles. The van der Waals surface area contributed by atoms with E-state index in [1.165, 1.54) is 0 Å². The number of carboxylic acids is 1. The van der Waals surface area contributed by atoms with Crippen molar-refractivity contribution in [3.63, 3.8) is 0 Å². The van der Waals surface area contributed by atoms with Gasteiger partial charge in [-0.05, 0) is 0 Å². The predicted molar refractivity (Wildman–Crippen MR) is 92.5 cm³/mol. The fraction of sp³-hybridized carbons (Fsp3) is 0.944. The Kier molecular flexibility index (Phi) is 11.6. The van der Waals surface area contributed by atoms with Crippen molar-refractivity contribution in [1.82, 2.24) is 0 Å². The number of aliphatic carboxylic acids is 1. The lowest BCUT2D eigenvalue weighted by atomic mass is 9.78. The Labute approximate surface area is 268 Å². The summed E-state index contributed by atoms with van der Waals surface area (Å²) in [4.78, 5) is 10.8. The highest BCUT2D eigenvalue weighted by atomic mass is 19.4. The largest absolute Gasteiger partial charge is 0.481 e. The molecule has 0 aromatic heterocycles. The molecule has 0 aliphatic carbocycles. The highest BCUT2D eigenvalue weighted by molar-refractivity contribution is 5.73. The van der Waals surface area contributed by atoms with E-state index in [0.717, 1.165) is 0 Å². The lowest BCUT2D eigenvalue weighted by Gasteiger charge is -2.46. The summed E-state index contributed by atoms with van der Waals surface area (Å²) in [6, 6.07) is 0. The van der Waals surface area contributed by atoms with Crippen LogP contribution in [-0.2, 0) is 4.79 Å². The van der Waals surface area contributed by atoms with E-state index in [9.17, 15) is 154 Å². The number of alkyl halides is 34. The van der Waals surface area contributed by atoms with Gasteiger partial charge in [0.05, 0.1) is 0 Å². The zero-order valence-electron chi connectivity index (χ0n) is 22.8. The van der Waals surface area contributed by atoms with Gasteiger partial charge in [0, 0.05) is 0 Å². The smallest absolute Gasteiger partial charge is 0.460 e. The maximum absolute atomic E-state index is 14.2. The van der Waals surface area contributed by atoms with Crippen LogP contribution in [0.5, 0.6) is 0 Å². The Hall–Kier alpha value is -2.91. The molecule has 0 amide bonds. The molecule has 324 valence electrons. The van der Waals surface area contributed by atoms with Gasteiger partial charge in [-0.25, -0.2) is 0 Å². The van der Waals surface area contributed by atoms with E-state index < -0.39 is 107 Å². The molecule has 0 fully saturated rings. The molecule has 0 bridgehead atoms. The molecule has 0 rings (SSSR count). The molecule has 0 radical (unpaired) electrons. The van der Waals surface area contributed by atoms with E-state index in [2.05, 4.69) is 0 Å². The van der Waals surface area contributed by atoms with Crippen molar-refractivity contribution >= 4 is 5.97 Å². The van der Waals surface area contributed by atoms with Crippen LogP contribution in [0, 0.1) is 5.92 Å². The second-order valence-electron chi connectivity index (χ2n) is 9.91. The van der Waals surface area contributed by atoms with Gasteiger partial charge in [0.15, 0.2) is 5.92 Å². The topological polar surface area (TPSA) is 37.3 Å². The third kappa shape index (κ3) is 5.87. The van der Waals surface area contributed by atoms with Gasteiger partial charge in [-0.1, -0.05) is 0 Å². The summed E-state index contributed by atoms with van der Waals surface area (Å²) in [5.74, 6) is -148. The van der Waals surface area contributed by atoms with Gasteiger partial charge < -0.3 is 5.11 Å². The van der Waals surface area contributed by atoms with Crippen LogP contribution >= 0.6 is 0 Å². The number of carboxylic acid groups (broad SMARTS) is 1. The van der Waals surface area contributed by atoms with Crippen LogP contribution in [0.3, 0.4) is 0 Å². The van der Waals surface area contributed by atoms with Crippen LogP contribution < -0.4 is 0 Å². The van der Waals surface area contributed by atoms with Crippen LogP contribution in [0.25, 0.3) is 0 Å². The van der Waals surface area contributed by atoms with E-state index in [-0.39, 0.29) is 0 Å². The molecule has 0 aromatic rings. The van der Waals surface area contributed by atoms with E-state index >= 15 is 0 Å². The fourth-order valence-electron chi connectivity index (χ4n) is 3.25. The van der Waals surface area contributed by atoms with E-state index in [1.54, 1.807) is 0 Å². The number of hydrogen-bond donors (Lipinski definition) is 1. The summed E-state index contributed by atoms with van der Waals surface area (Å²) < 4.78 is 454. The van der Waals surface area contributed by atoms with Crippen molar-refractivity contribution in [2.45, 2.75) is 95.3 Å². The Bertz CT molecular complexity index is 1290. The Morgan fingerprint density at radius 3 is 0.519 bits per heavy atom. The molecule has 36 heteroatoms. The zero-order valence-corrected chi connectivity index (χ0v) is 22.8. The van der Waals surface area contributed by atoms with Crippen LogP contribution in [0.4, 0.5) is 149 Å². The van der Waals surface area contributed by atoms with Crippen molar-refractivity contribution in [3.8, 4) is 0 Å². The number of rotatable bonds is 15. The standard InChI is InChI=1S/C18H2F34O2/c19-3(20,5(23,24)7(27,28)9(31,32)11(35,36)13(39,40)15(43,44)17(47,48)49)1(2(53)54)4(21,22)6(25,26)8(29,30)10(33,34)12(37,38)14(41,42)16(45,46)18(50,51)52/h1H,(H,53,54). The van der Waals surface area contributed by atoms with Gasteiger partial charge in [-0.3, -0.25) is 4.79 Å². The SMILES string of the molecule is O=C(O)C(C(F)(F)C(F)(F)C(F)(F)C(F)(F)C(F)(F)C(F)(F)C(F)(F)C(F)(F)F)C(F)(F)C(F)(F)C(F)(F)C(F)(F)C(F)(F)C(F)(F)C(F)(F)C(F)(F)F. The first-order valence-electron chi connectivity index (χ1n) is 11.2. The lowest BCUT2D eigenvalue weighted by molar-refractivity contribution is -0.473. The summed E-state index contributed by atoms with van der Waals surface area (Å²) >= 11 is 0. The Balaban J connectivity index is 7.92. The molecule has 0 aromatic carbocycles. The maximum Gasteiger partial charge on any atom is 0.460 e. The summed E-state index contributed by atoms with van der Waals surface area (Å²) in [6.45, 7) is 0. The van der Waals surface area contributed by atoms with Gasteiger partial charge in [-0.2, -0.15) is 149 Å². The minimum absolute atomic E-state index is 5.51. The first kappa shape index (κ1) is 51.1. The molecule has 0 spiro atoms. The molecule has 2 nitrogen and oxygen atoms in total. The monoisotopic (exact) mass is 896 g/mol. The van der Waals surface area contributed by atoms with Gasteiger partial charge in [0.25, 0.3) is 0 Å². The van der Waals surface area contributed by atoms with E-state index in [0.29, 0.717) is 0 Å². The van der Waals surface area contributed by atoms with Crippen LogP contribution in [0.15, 0.2) is 0 Å². The van der Waals surface area contributed by atoms with Crippen molar-refractivity contribution < 1.29 is 159 Å². The molecule has 0 saturated heterocycles. The Morgan fingerprint density at radius 2 is 0.389 bits per heavy atom. The quantitative estimate of drug-likeness (QED) is 0.166. The third-order valence-corrected chi connectivity index (χ3v) is 6.46. The van der Waals surface area contributed by atoms with Gasteiger partial charge in [0.2, 0.25) is 0 Å². The maximum atomic E-state index is 14.2. The van der Waals surface area contributed by atoms with Gasteiger partial charge >= 0.3 is 101 Å². The molecular formula is C18H2F34O2. The van der Waals surface area contributed by atoms with Crippen LogP contribution in [0.2, 0.25) is 0 Å². The molecule has 0 saturated carbocycles. The number of carbonyl (C=O) groups is 1.